The average molecular weight is 201 g/mol. The zero-order valence-electron chi connectivity index (χ0n) is 7.32. The van der Waals surface area contributed by atoms with E-state index in [9.17, 15) is 0 Å². The first kappa shape index (κ1) is 8.71. The van der Waals surface area contributed by atoms with Gasteiger partial charge in [-0.05, 0) is 11.3 Å². The largest absolute Gasteiger partial charge is 0.468 e. The fraction of sp³-hybridized carbons (Fsp3) is 0.714. The van der Waals surface area contributed by atoms with Crippen molar-refractivity contribution >= 4 is 16.5 Å². The molecule has 0 radical (unpaired) electrons. The second kappa shape index (κ2) is 3.12. The van der Waals surface area contributed by atoms with Crippen LogP contribution in [0.15, 0.2) is 0 Å². The van der Waals surface area contributed by atoms with E-state index in [0.717, 1.165) is 13.2 Å². The Labute approximate surface area is 79.9 Å². The third kappa shape index (κ3) is 1.89. The smallest absolute Gasteiger partial charge is 0.295 e. The first-order chi connectivity index (χ1) is 6.18. The van der Waals surface area contributed by atoms with E-state index in [4.69, 9.17) is 15.2 Å². The Morgan fingerprint density at radius 3 is 2.85 bits per heavy atom. The minimum absolute atomic E-state index is 0.139. The molecule has 1 aliphatic rings. The van der Waals surface area contributed by atoms with Crippen molar-refractivity contribution < 1.29 is 9.47 Å². The number of ether oxygens (including phenoxy) is 2. The fourth-order valence-electron chi connectivity index (χ4n) is 1.05. The van der Waals surface area contributed by atoms with Gasteiger partial charge in [-0.25, -0.2) is 0 Å². The lowest BCUT2D eigenvalue weighted by molar-refractivity contribution is -0.120. The third-order valence-electron chi connectivity index (χ3n) is 1.87. The van der Waals surface area contributed by atoms with Crippen LogP contribution < -0.4 is 10.5 Å². The van der Waals surface area contributed by atoms with E-state index >= 15 is 0 Å². The summed E-state index contributed by atoms with van der Waals surface area (Å²) in [5.74, 6) is 0. The third-order valence-corrected chi connectivity index (χ3v) is 2.53. The van der Waals surface area contributed by atoms with Gasteiger partial charge >= 0.3 is 0 Å². The maximum absolute atomic E-state index is 5.42. The van der Waals surface area contributed by atoms with Crippen LogP contribution in [0.2, 0.25) is 0 Å². The van der Waals surface area contributed by atoms with E-state index in [1.165, 1.54) is 11.3 Å². The van der Waals surface area contributed by atoms with Gasteiger partial charge in [-0.3, -0.25) is 0 Å². The summed E-state index contributed by atoms with van der Waals surface area (Å²) in [5.41, 5.74) is 5.54. The Morgan fingerprint density at radius 2 is 2.38 bits per heavy atom. The number of nitrogens with zero attached hydrogens (tertiary/aromatic N) is 2. The van der Waals surface area contributed by atoms with Crippen molar-refractivity contribution in [3.05, 3.63) is 0 Å². The summed E-state index contributed by atoms with van der Waals surface area (Å²) in [6.45, 7) is 4.23. The van der Waals surface area contributed by atoms with Gasteiger partial charge in [-0.1, -0.05) is 12.0 Å². The molecule has 2 heterocycles. The molecule has 0 aliphatic carbocycles. The zero-order valence-corrected chi connectivity index (χ0v) is 8.13. The summed E-state index contributed by atoms with van der Waals surface area (Å²) >= 11 is 1.26. The van der Waals surface area contributed by atoms with E-state index < -0.39 is 0 Å². The summed E-state index contributed by atoms with van der Waals surface area (Å²) in [6.07, 6.45) is 0. The van der Waals surface area contributed by atoms with Crippen molar-refractivity contribution in [2.24, 2.45) is 5.41 Å². The predicted octanol–water partition coefficient (Wildman–Crippen LogP) is 0.536. The highest BCUT2D eigenvalue weighted by molar-refractivity contribution is 7.16. The number of aromatic nitrogens is 2. The number of hydrogen-bond acceptors (Lipinski definition) is 6. The van der Waals surface area contributed by atoms with Crippen LogP contribution in [0, 0.1) is 5.41 Å². The van der Waals surface area contributed by atoms with Gasteiger partial charge in [0.1, 0.15) is 6.61 Å². The molecule has 0 bridgehead atoms. The van der Waals surface area contributed by atoms with Gasteiger partial charge in [-0.15, -0.1) is 5.10 Å². The van der Waals surface area contributed by atoms with Gasteiger partial charge in [0.15, 0.2) is 0 Å². The number of rotatable bonds is 3. The van der Waals surface area contributed by atoms with Crippen LogP contribution >= 0.6 is 11.3 Å². The normalized spacial score (nSPS) is 19.5. The highest BCUT2D eigenvalue weighted by Crippen LogP contribution is 2.28. The molecular formula is C7H11N3O2S. The van der Waals surface area contributed by atoms with Gasteiger partial charge in [0.2, 0.25) is 5.13 Å². The van der Waals surface area contributed by atoms with E-state index in [-0.39, 0.29) is 5.41 Å². The van der Waals surface area contributed by atoms with Crippen LogP contribution in [0.4, 0.5) is 5.13 Å². The van der Waals surface area contributed by atoms with E-state index in [1.807, 2.05) is 0 Å². The Bertz CT molecular complexity index is 298. The standard InChI is InChI=1S/C7H11N3O2S/c1-7(2-11-3-7)4-12-6-10-9-5(8)13-6/h2-4H2,1H3,(H2,8,9). The molecule has 0 saturated carbocycles. The maximum atomic E-state index is 5.42. The van der Waals surface area contributed by atoms with Crippen molar-refractivity contribution in [2.45, 2.75) is 6.92 Å². The molecule has 72 valence electrons. The van der Waals surface area contributed by atoms with Crippen molar-refractivity contribution in [1.82, 2.24) is 10.2 Å². The molecule has 0 atom stereocenters. The minimum Gasteiger partial charge on any atom is -0.468 e. The van der Waals surface area contributed by atoms with Crippen LogP contribution in [-0.2, 0) is 4.74 Å². The highest BCUT2D eigenvalue weighted by atomic mass is 32.1. The van der Waals surface area contributed by atoms with Gasteiger partial charge in [0.05, 0.1) is 13.2 Å². The summed E-state index contributed by atoms with van der Waals surface area (Å²) in [4.78, 5) is 0. The molecule has 1 saturated heterocycles. The van der Waals surface area contributed by atoms with Crippen LogP contribution in [0.3, 0.4) is 0 Å². The second-order valence-corrected chi connectivity index (χ2v) is 4.47. The lowest BCUT2D eigenvalue weighted by Crippen LogP contribution is -2.44. The molecule has 13 heavy (non-hydrogen) atoms. The lowest BCUT2D eigenvalue weighted by Gasteiger charge is -2.36. The molecule has 6 heteroatoms. The topological polar surface area (TPSA) is 70.3 Å². The first-order valence-electron chi connectivity index (χ1n) is 3.97. The van der Waals surface area contributed by atoms with Crippen LogP contribution in [-0.4, -0.2) is 30.0 Å². The van der Waals surface area contributed by atoms with E-state index in [1.54, 1.807) is 0 Å². The SMILES string of the molecule is CC1(COc2nnc(N)s2)COC1. The highest BCUT2D eigenvalue weighted by Gasteiger charge is 2.34. The Hall–Kier alpha value is -0.880. The molecule has 0 aromatic carbocycles. The van der Waals surface area contributed by atoms with Crippen molar-refractivity contribution in [1.29, 1.82) is 0 Å². The van der Waals surface area contributed by atoms with Gasteiger partial charge in [-0.2, -0.15) is 0 Å². The molecule has 0 spiro atoms. The number of anilines is 1. The Morgan fingerprint density at radius 1 is 1.62 bits per heavy atom. The zero-order chi connectivity index (χ0) is 9.31. The summed E-state index contributed by atoms with van der Waals surface area (Å²) in [5, 5.41) is 8.38. The molecule has 1 aromatic heterocycles. The first-order valence-corrected chi connectivity index (χ1v) is 4.79. The van der Waals surface area contributed by atoms with Gasteiger partial charge in [0.25, 0.3) is 5.19 Å². The molecule has 1 aliphatic heterocycles. The van der Waals surface area contributed by atoms with Crippen molar-refractivity contribution in [3.8, 4) is 5.19 Å². The summed E-state index contributed by atoms with van der Waals surface area (Å²) in [6, 6.07) is 0. The van der Waals surface area contributed by atoms with Gasteiger partial charge in [0, 0.05) is 5.41 Å². The average Bonchev–Trinajstić information content (AvgIpc) is 2.44. The van der Waals surface area contributed by atoms with Gasteiger partial charge < -0.3 is 15.2 Å². The van der Waals surface area contributed by atoms with Crippen LogP contribution in [0.25, 0.3) is 0 Å². The fourth-order valence-corrected chi connectivity index (χ4v) is 1.51. The Kier molecular flexibility index (Phi) is 2.09. The summed E-state index contributed by atoms with van der Waals surface area (Å²) < 4.78 is 10.5. The lowest BCUT2D eigenvalue weighted by atomic mass is 9.90. The van der Waals surface area contributed by atoms with Crippen LogP contribution in [0.5, 0.6) is 5.19 Å². The predicted molar refractivity (Wildman–Crippen MR) is 48.7 cm³/mol. The number of hydrogen-bond donors (Lipinski definition) is 1. The van der Waals surface area contributed by atoms with E-state index in [0.29, 0.717) is 16.9 Å². The second-order valence-electron chi connectivity index (χ2n) is 3.50. The minimum atomic E-state index is 0.139. The van der Waals surface area contributed by atoms with Crippen molar-refractivity contribution in [2.75, 3.05) is 25.6 Å². The molecule has 0 unspecified atom stereocenters. The molecular weight excluding hydrogens is 190 g/mol. The summed E-state index contributed by atoms with van der Waals surface area (Å²) in [7, 11) is 0. The maximum Gasteiger partial charge on any atom is 0.295 e. The van der Waals surface area contributed by atoms with E-state index in [2.05, 4.69) is 17.1 Å². The molecule has 1 fully saturated rings. The monoisotopic (exact) mass is 201 g/mol. The molecule has 0 amide bonds. The molecule has 5 nitrogen and oxygen atoms in total. The molecule has 1 aromatic rings. The number of nitrogen functional groups attached to an aromatic ring is 1. The van der Waals surface area contributed by atoms with Crippen LogP contribution in [0.1, 0.15) is 6.92 Å². The number of nitrogens with two attached hydrogens (primary N) is 1. The van der Waals surface area contributed by atoms with Crippen molar-refractivity contribution in [3.63, 3.8) is 0 Å². The Balaban J connectivity index is 1.85. The molecule has 2 rings (SSSR count). The molecule has 2 N–H and O–H groups in total. The quantitative estimate of drug-likeness (QED) is 0.772.